The Morgan fingerprint density at radius 1 is 0.964 bits per heavy atom. The number of aromatic amines is 1. The van der Waals surface area contributed by atoms with Gasteiger partial charge < -0.3 is 0 Å². The summed E-state index contributed by atoms with van der Waals surface area (Å²) in [7, 11) is -3.44. The molecule has 1 aliphatic heterocycles. The summed E-state index contributed by atoms with van der Waals surface area (Å²) >= 11 is 5.38. The Morgan fingerprint density at radius 2 is 1.64 bits per heavy atom. The fourth-order valence-corrected chi connectivity index (χ4v) is 5.19. The lowest BCUT2D eigenvalue weighted by atomic mass is 10.2. The summed E-state index contributed by atoms with van der Waals surface area (Å²) in [5, 5.41) is 7.19. The first-order valence-corrected chi connectivity index (χ1v) is 11.2. The highest BCUT2D eigenvalue weighted by atomic mass is 32.2. The normalized spacial score (nSPS) is 15.6. The Hall–Kier alpha value is -2.29. The third-order valence-corrected chi connectivity index (χ3v) is 7.23. The van der Waals surface area contributed by atoms with Crippen molar-refractivity contribution in [2.24, 2.45) is 0 Å². The Kier molecular flexibility index (Phi) is 5.43. The highest BCUT2D eigenvalue weighted by Gasteiger charge is 2.25. The molecule has 0 amide bonds. The first-order chi connectivity index (χ1) is 13.6. The van der Waals surface area contributed by atoms with E-state index in [9.17, 15) is 8.42 Å². The van der Waals surface area contributed by atoms with Crippen molar-refractivity contribution in [2.45, 2.75) is 30.7 Å². The molecule has 28 heavy (non-hydrogen) atoms. The fraction of sp³-hybridized carbons (Fsp3) is 0.300. The van der Waals surface area contributed by atoms with E-state index >= 15 is 0 Å². The van der Waals surface area contributed by atoms with Crippen LogP contribution in [0.3, 0.4) is 0 Å². The van der Waals surface area contributed by atoms with Gasteiger partial charge in [0.15, 0.2) is 10.6 Å². The van der Waals surface area contributed by atoms with Crippen LogP contribution in [-0.4, -0.2) is 40.6 Å². The second-order valence-electron chi connectivity index (χ2n) is 6.91. The third-order valence-electron chi connectivity index (χ3n) is 5.01. The SMILES string of the molecule is O=S(=O)(c1ccc(-c2n[nH]c(=S)n2Cc2ccccc2)cc1)N1CCCCC1. The third kappa shape index (κ3) is 3.80. The van der Waals surface area contributed by atoms with Gasteiger partial charge in [0.05, 0.1) is 11.4 Å². The van der Waals surface area contributed by atoms with Crippen molar-refractivity contribution < 1.29 is 8.42 Å². The van der Waals surface area contributed by atoms with E-state index in [1.165, 1.54) is 0 Å². The molecule has 146 valence electrons. The van der Waals surface area contributed by atoms with E-state index in [0.717, 1.165) is 30.4 Å². The van der Waals surface area contributed by atoms with E-state index in [1.54, 1.807) is 28.6 Å². The van der Waals surface area contributed by atoms with E-state index < -0.39 is 10.0 Å². The van der Waals surface area contributed by atoms with Gasteiger partial charge in [-0.15, -0.1) is 0 Å². The van der Waals surface area contributed by atoms with Crippen LogP contribution >= 0.6 is 12.2 Å². The van der Waals surface area contributed by atoms with Crippen molar-refractivity contribution in [3.05, 3.63) is 64.9 Å². The molecule has 0 saturated carbocycles. The number of benzene rings is 2. The maximum absolute atomic E-state index is 12.8. The molecule has 1 aromatic heterocycles. The molecule has 1 N–H and O–H groups in total. The van der Waals surface area contributed by atoms with Gasteiger partial charge in [0.2, 0.25) is 10.0 Å². The molecule has 3 aromatic rings. The summed E-state index contributed by atoms with van der Waals surface area (Å²) in [6, 6.07) is 16.9. The molecule has 2 heterocycles. The van der Waals surface area contributed by atoms with Gasteiger partial charge >= 0.3 is 0 Å². The van der Waals surface area contributed by atoms with Gasteiger partial charge in [-0.05, 0) is 54.9 Å². The van der Waals surface area contributed by atoms with Crippen LogP contribution in [0.1, 0.15) is 24.8 Å². The van der Waals surface area contributed by atoms with E-state index in [4.69, 9.17) is 12.2 Å². The lowest BCUT2D eigenvalue weighted by Crippen LogP contribution is -2.35. The maximum Gasteiger partial charge on any atom is 0.243 e. The Labute approximate surface area is 169 Å². The largest absolute Gasteiger partial charge is 0.296 e. The van der Waals surface area contributed by atoms with E-state index in [2.05, 4.69) is 10.2 Å². The predicted molar refractivity (Wildman–Crippen MR) is 111 cm³/mol. The number of piperidine rings is 1. The van der Waals surface area contributed by atoms with Gasteiger partial charge in [0.1, 0.15) is 0 Å². The molecule has 0 bridgehead atoms. The van der Waals surface area contributed by atoms with Gasteiger partial charge in [-0.25, -0.2) is 8.42 Å². The molecule has 0 radical (unpaired) electrons. The molecule has 4 rings (SSSR count). The summed E-state index contributed by atoms with van der Waals surface area (Å²) in [6.45, 7) is 1.79. The molecular formula is C20H22N4O2S2. The number of aromatic nitrogens is 3. The van der Waals surface area contributed by atoms with Crippen LogP contribution in [0.2, 0.25) is 0 Å². The molecule has 0 unspecified atom stereocenters. The van der Waals surface area contributed by atoms with Crippen LogP contribution in [0.25, 0.3) is 11.4 Å². The average molecular weight is 415 g/mol. The molecule has 8 heteroatoms. The second-order valence-corrected chi connectivity index (χ2v) is 9.24. The summed E-state index contributed by atoms with van der Waals surface area (Å²) in [5.74, 6) is 0.691. The predicted octanol–water partition coefficient (Wildman–Crippen LogP) is 3.83. The highest BCUT2D eigenvalue weighted by molar-refractivity contribution is 7.89. The molecule has 0 atom stereocenters. The zero-order valence-corrected chi connectivity index (χ0v) is 17.0. The van der Waals surface area contributed by atoms with Crippen LogP contribution in [0.5, 0.6) is 0 Å². The highest BCUT2D eigenvalue weighted by Crippen LogP contribution is 2.24. The molecule has 6 nitrogen and oxygen atoms in total. The lowest BCUT2D eigenvalue weighted by Gasteiger charge is -2.25. The molecule has 1 saturated heterocycles. The first-order valence-electron chi connectivity index (χ1n) is 9.35. The topological polar surface area (TPSA) is 71.0 Å². The monoisotopic (exact) mass is 414 g/mol. The standard InChI is InChI=1S/C20H22N4O2S2/c25-28(26,23-13-5-2-6-14-23)18-11-9-17(10-12-18)19-21-22-20(27)24(19)15-16-7-3-1-4-8-16/h1,3-4,7-12H,2,5-6,13-15H2,(H,22,27). The minimum absolute atomic E-state index is 0.321. The van der Waals surface area contributed by atoms with Crippen LogP contribution in [-0.2, 0) is 16.6 Å². The van der Waals surface area contributed by atoms with Crippen LogP contribution in [0.15, 0.2) is 59.5 Å². The van der Waals surface area contributed by atoms with Crippen molar-refractivity contribution in [2.75, 3.05) is 13.1 Å². The molecule has 0 spiro atoms. The number of rotatable bonds is 5. The zero-order chi connectivity index (χ0) is 19.6. The van der Waals surface area contributed by atoms with Gasteiger partial charge in [0.25, 0.3) is 0 Å². The summed E-state index contributed by atoms with van der Waals surface area (Å²) < 4.78 is 29.7. The number of H-pyrrole nitrogens is 1. The van der Waals surface area contributed by atoms with Crippen LogP contribution in [0.4, 0.5) is 0 Å². The Balaban J connectivity index is 1.62. The quantitative estimate of drug-likeness (QED) is 0.644. The van der Waals surface area contributed by atoms with Crippen molar-refractivity contribution >= 4 is 22.2 Å². The smallest absolute Gasteiger partial charge is 0.243 e. The molecule has 0 aliphatic carbocycles. The van der Waals surface area contributed by atoms with Crippen molar-refractivity contribution in [3.8, 4) is 11.4 Å². The van der Waals surface area contributed by atoms with Gasteiger partial charge in [-0.1, -0.05) is 36.8 Å². The van der Waals surface area contributed by atoms with E-state index in [1.807, 2.05) is 34.9 Å². The van der Waals surface area contributed by atoms with Gasteiger partial charge in [-0.2, -0.15) is 9.40 Å². The summed E-state index contributed by atoms with van der Waals surface area (Å²) in [4.78, 5) is 0.321. The maximum atomic E-state index is 12.8. The number of sulfonamides is 1. The average Bonchev–Trinajstić information content (AvgIpc) is 3.10. The first kappa shape index (κ1) is 19.0. The van der Waals surface area contributed by atoms with Gasteiger partial charge in [-0.3, -0.25) is 9.67 Å². The minimum Gasteiger partial charge on any atom is -0.296 e. The molecule has 2 aromatic carbocycles. The van der Waals surface area contributed by atoms with Gasteiger partial charge in [0, 0.05) is 18.7 Å². The van der Waals surface area contributed by atoms with E-state index in [0.29, 0.717) is 35.1 Å². The Morgan fingerprint density at radius 3 is 2.32 bits per heavy atom. The van der Waals surface area contributed by atoms with Crippen molar-refractivity contribution in [3.63, 3.8) is 0 Å². The number of nitrogens with zero attached hydrogens (tertiary/aromatic N) is 3. The summed E-state index contributed by atoms with van der Waals surface area (Å²) in [5.41, 5.74) is 1.94. The van der Waals surface area contributed by atoms with Crippen molar-refractivity contribution in [1.29, 1.82) is 0 Å². The fourth-order valence-electron chi connectivity index (χ4n) is 3.48. The zero-order valence-electron chi connectivity index (χ0n) is 15.4. The number of nitrogens with one attached hydrogen (secondary N) is 1. The van der Waals surface area contributed by atoms with Crippen LogP contribution < -0.4 is 0 Å². The van der Waals surface area contributed by atoms with E-state index in [-0.39, 0.29) is 0 Å². The van der Waals surface area contributed by atoms with Crippen molar-refractivity contribution in [1.82, 2.24) is 19.1 Å². The number of hydrogen-bond acceptors (Lipinski definition) is 4. The minimum atomic E-state index is -3.44. The second kappa shape index (κ2) is 7.98. The number of hydrogen-bond donors (Lipinski definition) is 1. The Bertz CT molecular complexity index is 1100. The van der Waals surface area contributed by atoms with Crippen LogP contribution in [0, 0.1) is 4.77 Å². The lowest BCUT2D eigenvalue weighted by molar-refractivity contribution is 0.346. The molecule has 1 aliphatic rings. The summed E-state index contributed by atoms with van der Waals surface area (Å²) in [6.07, 6.45) is 2.94. The molecule has 1 fully saturated rings. The molecular weight excluding hydrogens is 392 g/mol.